The van der Waals surface area contributed by atoms with E-state index in [1.807, 2.05) is 0 Å². The minimum Gasteiger partial charge on any atom is -0.316 e. The smallest absolute Gasteiger partial charge is 0.000664 e. The minimum atomic E-state index is 0.783. The lowest BCUT2D eigenvalue weighted by molar-refractivity contribution is 0.190. The Morgan fingerprint density at radius 3 is 2.70 bits per heavy atom. The molecule has 2 aliphatic rings. The first-order valence-electron chi connectivity index (χ1n) is 8.74. The maximum Gasteiger partial charge on any atom is -0.000664 e. The molecule has 1 fully saturated rings. The van der Waals surface area contributed by atoms with Gasteiger partial charge in [0, 0.05) is 0 Å². The molecular formula is C18H34N2. The molecule has 1 heterocycles. The molecule has 2 nitrogen and oxygen atoms in total. The Balaban J connectivity index is 1.51. The quantitative estimate of drug-likeness (QED) is 0.589. The van der Waals surface area contributed by atoms with Crippen molar-refractivity contribution in [3.8, 4) is 0 Å². The average Bonchev–Trinajstić information content (AvgIpc) is 2.39. The number of allylic oxidation sites excluding steroid dienone is 2. The van der Waals surface area contributed by atoms with Crippen molar-refractivity contribution in [1.82, 2.24) is 10.2 Å². The first-order valence-corrected chi connectivity index (χ1v) is 8.74. The van der Waals surface area contributed by atoms with Crippen LogP contribution in [0.15, 0.2) is 11.6 Å². The number of nitrogens with zero attached hydrogens (tertiary/aromatic N) is 1. The number of rotatable bonds is 6. The summed E-state index contributed by atoms with van der Waals surface area (Å²) in [7, 11) is 0. The second-order valence-corrected chi connectivity index (χ2v) is 7.38. The van der Waals surface area contributed by atoms with Crippen molar-refractivity contribution in [1.29, 1.82) is 0 Å². The Kier molecular flexibility index (Phi) is 6.57. The lowest BCUT2D eigenvalue weighted by atomic mass is 9.84. The summed E-state index contributed by atoms with van der Waals surface area (Å²) in [5.74, 6) is 2.60. The third-order valence-electron chi connectivity index (χ3n) is 5.02. The predicted molar refractivity (Wildman–Crippen MR) is 88.0 cm³/mol. The van der Waals surface area contributed by atoms with E-state index in [0.717, 1.165) is 17.8 Å². The Morgan fingerprint density at radius 2 is 2.00 bits per heavy atom. The number of likely N-dealkylation sites (tertiary alicyclic amines) is 1. The van der Waals surface area contributed by atoms with Gasteiger partial charge in [-0.05, 0) is 89.5 Å². The first kappa shape index (κ1) is 16.0. The highest BCUT2D eigenvalue weighted by molar-refractivity contribution is 5.06. The fourth-order valence-electron chi connectivity index (χ4n) is 3.86. The van der Waals surface area contributed by atoms with E-state index >= 15 is 0 Å². The van der Waals surface area contributed by atoms with Crippen LogP contribution in [0.4, 0.5) is 0 Å². The molecule has 0 aromatic rings. The zero-order valence-electron chi connectivity index (χ0n) is 13.8. The van der Waals surface area contributed by atoms with Gasteiger partial charge in [-0.25, -0.2) is 0 Å². The van der Waals surface area contributed by atoms with E-state index < -0.39 is 0 Å². The van der Waals surface area contributed by atoms with Crippen molar-refractivity contribution in [2.24, 2.45) is 17.8 Å². The highest BCUT2D eigenvalue weighted by Gasteiger charge is 2.18. The summed E-state index contributed by atoms with van der Waals surface area (Å²) in [6.07, 6.45) is 9.24. The van der Waals surface area contributed by atoms with Gasteiger partial charge in [-0.3, -0.25) is 0 Å². The highest BCUT2D eigenvalue weighted by atomic mass is 15.1. The normalized spacial score (nSPS) is 29.4. The Bertz CT molecular complexity index is 303. The van der Waals surface area contributed by atoms with Gasteiger partial charge in [0.1, 0.15) is 0 Å². The number of piperidine rings is 1. The molecule has 2 atom stereocenters. The van der Waals surface area contributed by atoms with Crippen molar-refractivity contribution >= 4 is 0 Å². The van der Waals surface area contributed by atoms with Crippen LogP contribution >= 0.6 is 0 Å². The Morgan fingerprint density at radius 1 is 1.25 bits per heavy atom. The molecular weight excluding hydrogens is 244 g/mol. The maximum absolute atomic E-state index is 3.69. The predicted octanol–water partition coefficient (Wildman–Crippen LogP) is 3.69. The van der Waals surface area contributed by atoms with Gasteiger partial charge in [-0.15, -0.1) is 0 Å². The zero-order chi connectivity index (χ0) is 14.4. The summed E-state index contributed by atoms with van der Waals surface area (Å²) >= 11 is 0. The van der Waals surface area contributed by atoms with Crippen molar-refractivity contribution < 1.29 is 0 Å². The monoisotopic (exact) mass is 278 g/mol. The van der Waals surface area contributed by atoms with E-state index in [9.17, 15) is 0 Å². The fourth-order valence-corrected chi connectivity index (χ4v) is 3.86. The lowest BCUT2D eigenvalue weighted by Crippen LogP contribution is -2.35. The maximum atomic E-state index is 3.69. The molecule has 116 valence electrons. The van der Waals surface area contributed by atoms with Crippen LogP contribution in [0.2, 0.25) is 0 Å². The molecule has 1 N–H and O–H groups in total. The van der Waals surface area contributed by atoms with Crippen LogP contribution in [0.25, 0.3) is 0 Å². The number of hydrogen-bond donors (Lipinski definition) is 1. The third-order valence-corrected chi connectivity index (χ3v) is 5.02. The van der Waals surface area contributed by atoms with Crippen LogP contribution in [0.3, 0.4) is 0 Å². The lowest BCUT2D eigenvalue weighted by Gasteiger charge is -2.30. The molecule has 0 aromatic heterocycles. The topological polar surface area (TPSA) is 15.3 Å². The van der Waals surface area contributed by atoms with E-state index in [4.69, 9.17) is 0 Å². The van der Waals surface area contributed by atoms with Gasteiger partial charge in [0.2, 0.25) is 0 Å². The van der Waals surface area contributed by atoms with Gasteiger partial charge in [-0.2, -0.15) is 0 Å². The molecule has 2 rings (SSSR count). The second-order valence-electron chi connectivity index (χ2n) is 7.38. The SMILES string of the molecule is CC1=CC(C)CC(CNCCCN2CCC(C)CC2)C1. The van der Waals surface area contributed by atoms with Crippen molar-refractivity contribution in [3.05, 3.63) is 11.6 Å². The summed E-state index contributed by atoms with van der Waals surface area (Å²) < 4.78 is 0. The van der Waals surface area contributed by atoms with Gasteiger partial charge in [0.15, 0.2) is 0 Å². The molecule has 0 bridgehead atoms. The summed E-state index contributed by atoms with van der Waals surface area (Å²) in [6.45, 7) is 13.4. The van der Waals surface area contributed by atoms with Gasteiger partial charge < -0.3 is 10.2 Å². The van der Waals surface area contributed by atoms with Crippen molar-refractivity contribution in [3.63, 3.8) is 0 Å². The third kappa shape index (κ3) is 5.57. The van der Waals surface area contributed by atoms with E-state index in [1.54, 1.807) is 5.57 Å². The molecule has 20 heavy (non-hydrogen) atoms. The summed E-state index contributed by atoms with van der Waals surface area (Å²) in [5, 5.41) is 3.69. The van der Waals surface area contributed by atoms with E-state index in [0.29, 0.717) is 0 Å². The summed E-state index contributed by atoms with van der Waals surface area (Å²) in [5.41, 5.74) is 1.60. The van der Waals surface area contributed by atoms with E-state index in [2.05, 4.69) is 37.1 Å². The van der Waals surface area contributed by atoms with Gasteiger partial charge in [0.25, 0.3) is 0 Å². The summed E-state index contributed by atoms with van der Waals surface area (Å²) in [6, 6.07) is 0. The van der Waals surface area contributed by atoms with Crippen LogP contribution in [0, 0.1) is 17.8 Å². The number of hydrogen-bond acceptors (Lipinski definition) is 2. The van der Waals surface area contributed by atoms with Crippen LogP contribution in [-0.4, -0.2) is 37.6 Å². The average molecular weight is 278 g/mol. The molecule has 0 spiro atoms. The molecule has 0 aromatic carbocycles. The molecule has 1 saturated heterocycles. The molecule has 0 radical (unpaired) electrons. The van der Waals surface area contributed by atoms with Gasteiger partial charge in [-0.1, -0.05) is 25.5 Å². The van der Waals surface area contributed by atoms with Crippen molar-refractivity contribution in [2.75, 3.05) is 32.7 Å². The standard InChI is InChI=1S/C18H34N2/c1-15-5-9-20(10-6-15)8-4-7-19-14-18-12-16(2)11-17(3)13-18/h11,15-16,18-19H,4-10,12-14H2,1-3H3. The molecule has 0 saturated carbocycles. The Labute approximate surface area is 126 Å². The molecule has 1 aliphatic heterocycles. The fraction of sp³-hybridized carbons (Fsp3) is 0.889. The van der Waals surface area contributed by atoms with E-state index in [1.165, 1.54) is 64.8 Å². The Hall–Kier alpha value is -0.340. The van der Waals surface area contributed by atoms with E-state index in [-0.39, 0.29) is 0 Å². The van der Waals surface area contributed by atoms with Crippen LogP contribution in [-0.2, 0) is 0 Å². The van der Waals surface area contributed by atoms with Crippen molar-refractivity contribution in [2.45, 2.75) is 52.9 Å². The molecule has 0 amide bonds. The second kappa shape index (κ2) is 8.19. The zero-order valence-corrected chi connectivity index (χ0v) is 13.8. The minimum absolute atomic E-state index is 0.783. The van der Waals surface area contributed by atoms with Crippen LogP contribution in [0.5, 0.6) is 0 Å². The van der Waals surface area contributed by atoms with Crippen LogP contribution in [0.1, 0.15) is 52.9 Å². The summed E-state index contributed by atoms with van der Waals surface area (Å²) in [4.78, 5) is 2.65. The molecule has 2 unspecified atom stereocenters. The van der Waals surface area contributed by atoms with Crippen LogP contribution < -0.4 is 5.32 Å². The first-order chi connectivity index (χ1) is 9.63. The molecule has 2 heteroatoms. The van der Waals surface area contributed by atoms with Gasteiger partial charge >= 0.3 is 0 Å². The highest BCUT2D eigenvalue weighted by Crippen LogP contribution is 2.27. The molecule has 1 aliphatic carbocycles. The van der Waals surface area contributed by atoms with Gasteiger partial charge in [0.05, 0.1) is 0 Å². The largest absolute Gasteiger partial charge is 0.316 e. The number of nitrogens with one attached hydrogen (secondary N) is 1.